The Morgan fingerprint density at radius 2 is 2.18 bits per heavy atom. The van der Waals surface area contributed by atoms with Gasteiger partial charge in [-0.05, 0) is 25.5 Å². The zero-order valence-electron chi connectivity index (χ0n) is 12.9. The standard InChI is InChI=1S/C17H18N2O2S/c1-10-8-18-15(11(2)17(10)20)9-22-16-6-12-4-5-13(21-3)7-14(12)19-16/h4-5,7-8H,6,9H2,1-3H3,(H,18,20). The van der Waals surface area contributed by atoms with E-state index in [2.05, 4.69) is 16.0 Å². The molecular formula is C17H18N2O2S. The lowest BCUT2D eigenvalue weighted by Gasteiger charge is -2.06. The normalized spacial score (nSPS) is 13.0. The van der Waals surface area contributed by atoms with E-state index in [0.29, 0.717) is 0 Å². The van der Waals surface area contributed by atoms with Gasteiger partial charge in [-0.2, -0.15) is 0 Å². The largest absolute Gasteiger partial charge is 0.497 e. The molecule has 1 N–H and O–H groups in total. The number of hydrogen-bond donors (Lipinski definition) is 1. The van der Waals surface area contributed by atoms with Gasteiger partial charge in [0.25, 0.3) is 0 Å². The predicted octanol–water partition coefficient (Wildman–Crippen LogP) is 3.52. The number of benzene rings is 1. The third-order valence-electron chi connectivity index (χ3n) is 3.88. The van der Waals surface area contributed by atoms with Crippen LogP contribution in [0.5, 0.6) is 5.75 Å². The number of nitrogens with zero attached hydrogens (tertiary/aromatic N) is 1. The fourth-order valence-electron chi connectivity index (χ4n) is 2.45. The average Bonchev–Trinajstić information content (AvgIpc) is 2.93. The first-order valence-electron chi connectivity index (χ1n) is 7.13. The van der Waals surface area contributed by atoms with Crippen molar-refractivity contribution in [3.8, 4) is 5.75 Å². The van der Waals surface area contributed by atoms with Gasteiger partial charge in [-0.1, -0.05) is 6.07 Å². The number of pyridine rings is 1. The molecule has 1 aromatic carbocycles. The highest BCUT2D eigenvalue weighted by Crippen LogP contribution is 2.34. The van der Waals surface area contributed by atoms with Crippen molar-refractivity contribution in [2.45, 2.75) is 26.0 Å². The highest BCUT2D eigenvalue weighted by atomic mass is 32.2. The number of hydrogen-bond acceptors (Lipinski definition) is 4. The third kappa shape index (κ3) is 2.81. The molecule has 1 aromatic heterocycles. The van der Waals surface area contributed by atoms with Gasteiger partial charge in [0, 0.05) is 41.3 Å². The van der Waals surface area contributed by atoms with E-state index in [9.17, 15) is 4.79 Å². The molecule has 0 saturated carbocycles. The minimum atomic E-state index is 0.121. The SMILES string of the molecule is COc1ccc2c(c1)N=C(SCc1[nH]cc(C)c(=O)c1C)C2. The zero-order valence-corrected chi connectivity index (χ0v) is 13.7. The molecule has 0 bridgehead atoms. The number of rotatable bonds is 3. The van der Waals surface area contributed by atoms with E-state index in [-0.39, 0.29) is 5.43 Å². The van der Waals surface area contributed by atoms with Crippen LogP contribution in [-0.4, -0.2) is 17.1 Å². The molecule has 2 heterocycles. The molecule has 4 nitrogen and oxygen atoms in total. The smallest absolute Gasteiger partial charge is 0.187 e. The topological polar surface area (TPSA) is 54.4 Å². The van der Waals surface area contributed by atoms with Crippen LogP contribution in [0.15, 0.2) is 34.2 Å². The van der Waals surface area contributed by atoms with Crippen LogP contribution in [0.25, 0.3) is 0 Å². The molecule has 0 saturated heterocycles. The van der Waals surface area contributed by atoms with Gasteiger partial charge in [-0.15, -0.1) is 11.8 Å². The van der Waals surface area contributed by atoms with Crippen molar-refractivity contribution in [3.63, 3.8) is 0 Å². The predicted molar refractivity (Wildman–Crippen MR) is 91.6 cm³/mol. The summed E-state index contributed by atoms with van der Waals surface area (Å²) >= 11 is 1.67. The molecule has 2 aromatic rings. The van der Waals surface area contributed by atoms with Gasteiger partial charge in [0.2, 0.25) is 0 Å². The second-order valence-corrected chi connectivity index (χ2v) is 6.42. The van der Waals surface area contributed by atoms with Crippen molar-refractivity contribution in [3.05, 3.63) is 57.0 Å². The summed E-state index contributed by atoms with van der Waals surface area (Å²) in [4.78, 5) is 19.8. The summed E-state index contributed by atoms with van der Waals surface area (Å²) in [7, 11) is 1.66. The molecule has 0 radical (unpaired) electrons. The van der Waals surface area contributed by atoms with Gasteiger partial charge in [0.05, 0.1) is 17.8 Å². The van der Waals surface area contributed by atoms with Gasteiger partial charge in [0.15, 0.2) is 5.43 Å². The van der Waals surface area contributed by atoms with Crippen molar-refractivity contribution < 1.29 is 4.74 Å². The van der Waals surface area contributed by atoms with Gasteiger partial charge in [-0.25, -0.2) is 4.99 Å². The van der Waals surface area contributed by atoms with Crippen LogP contribution in [0.2, 0.25) is 0 Å². The number of aliphatic imine (C=N–C) groups is 1. The van der Waals surface area contributed by atoms with E-state index in [1.807, 2.05) is 26.0 Å². The van der Waals surface area contributed by atoms with Gasteiger partial charge < -0.3 is 9.72 Å². The summed E-state index contributed by atoms with van der Waals surface area (Å²) in [5, 5.41) is 1.07. The second kappa shape index (κ2) is 6.01. The highest BCUT2D eigenvalue weighted by molar-refractivity contribution is 8.13. The van der Waals surface area contributed by atoms with Crippen LogP contribution in [0.1, 0.15) is 22.4 Å². The van der Waals surface area contributed by atoms with Crippen LogP contribution < -0.4 is 10.2 Å². The summed E-state index contributed by atoms with van der Waals surface area (Å²) in [6.07, 6.45) is 2.63. The molecule has 1 aliphatic rings. The Morgan fingerprint density at radius 1 is 1.36 bits per heavy atom. The minimum Gasteiger partial charge on any atom is -0.497 e. The van der Waals surface area contributed by atoms with Crippen LogP contribution in [0.3, 0.4) is 0 Å². The monoisotopic (exact) mass is 314 g/mol. The van der Waals surface area contributed by atoms with Crippen molar-refractivity contribution in [2.24, 2.45) is 4.99 Å². The summed E-state index contributed by atoms with van der Waals surface area (Å²) < 4.78 is 5.23. The maximum absolute atomic E-state index is 12.0. The summed E-state index contributed by atoms with van der Waals surface area (Å²) in [6, 6.07) is 5.98. The van der Waals surface area contributed by atoms with Crippen LogP contribution >= 0.6 is 11.8 Å². The minimum absolute atomic E-state index is 0.121. The lowest BCUT2D eigenvalue weighted by Crippen LogP contribution is -2.13. The number of nitrogens with one attached hydrogen (secondary N) is 1. The molecule has 0 amide bonds. The van der Waals surface area contributed by atoms with Gasteiger partial charge >= 0.3 is 0 Å². The van der Waals surface area contributed by atoms with E-state index in [4.69, 9.17) is 4.74 Å². The Kier molecular flexibility index (Phi) is 4.07. The molecular weight excluding hydrogens is 296 g/mol. The molecule has 5 heteroatoms. The zero-order chi connectivity index (χ0) is 15.7. The first-order valence-corrected chi connectivity index (χ1v) is 8.12. The molecule has 0 aliphatic carbocycles. The van der Waals surface area contributed by atoms with Crippen molar-refractivity contribution in [1.29, 1.82) is 0 Å². The summed E-state index contributed by atoms with van der Waals surface area (Å²) in [6.45, 7) is 3.70. The lowest BCUT2D eigenvalue weighted by molar-refractivity contribution is 0.415. The molecule has 1 aliphatic heterocycles. The van der Waals surface area contributed by atoms with E-state index >= 15 is 0 Å². The summed E-state index contributed by atoms with van der Waals surface area (Å²) in [5.74, 6) is 1.55. The maximum atomic E-state index is 12.0. The number of thioether (sulfide) groups is 1. The van der Waals surface area contributed by atoms with E-state index in [0.717, 1.165) is 45.5 Å². The molecule has 0 atom stereocenters. The van der Waals surface area contributed by atoms with Crippen LogP contribution in [0.4, 0.5) is 5.69 Å². The number of ether oxygens (including phenoxy) is 1. The maximum Gasteiger partial charge on any atom is 0.187 e. The Balaban J connectivity index is 1.74. The Bertz CT molecular complexity index is 809. The molecule has 0 unspecified atom stereocenters. The van der Waals surface area contributed by atoms with Crippen LogP contribution in [0, 0.1) is 13.8 Å². The Morgan fingerprint density at radius 3 is 2.95 bits per heavy atom. The molecule has 3 rings (SSSR count). The average molecular weight is 314 g/mol. The summed E-state index contributed by atoms with van der Waals surface area (Å²) in [5.41, 5.74) is 4.84. The second-order valence-electron chi connectivity index (χ2n) is 5.37. The fourth-order valence-corrected chi connectivity index (χ4v) is 3.48. The van der Waals surface area contributed by atoms with E-state index < -0.39 is 0 Å². The van der Waals surface area contributed by atoms with Gasteiger partial charge in [-0.3, -0.25) is 4.79 Å². The highest BCUT2D eigenvalue weighted by Gasteiger charge is 2.16. The molecule has 22 heavy (non-hydrogen) atoms. The van der Waals surface area contributed by atoms with E-state index in [1.165, 1.54) is 5.56 Å². The molecule has 0 spiro atoms. The van der Waals surface area contributed by atoms with E-state index in [1.54, 1.807) is 25.1 Å². The number of methoxy groups -OCH3 is 1. The lowest BCUT2D eigenvalue weighted by atomic mass is 10.1. The van der Waals surface area contributed by atoms with Crippen molar-refractivity contribution in [1.82, 2.24) is 4.98 Å². The van der Waals surface area contributed by atoms with Crippen LogP contribution in [-0.2, 0) is 12.2 Å². The number of fused-ring (bicyclic) bond motifs is 1. The number of aryl methyl sites for hydroxylation is 1. The van der Waals surface area contributed by atoms with Gasteiger partial charge in [0.1, 0.15) is 5.75 Å². The third-order valence-corrected chi connectivity index (χ3v) is 4.88. The number of aromatic amines is 1. The number of H-pyrrole nitrogens is 1. The first-order chi connectivity index (χ1) is 10.6. The number of aromatic nitrogens is 1. The van der Waals surface area contributed by atoms with Crippen molar-refractivity contribution in [2.75, 3.05) is 7.11 Å². The van der Waals surface area contributed by atoms with Crippen molar-refractivity contribution >= 4 is 22.5 Å². The Labute approximate surface area is 133 Å². The Hall–Kier alpha value is -2.01. The fraction of sp³-hybridized carbons (Fsp3) is 0.294. The first kappa shape index (κ1) is 14.9. The molecule has 114 valence electrons. The molecule has 0 fully saturated rings. The quantitative estimate of drug-likeness (QED) is 0.943.